The summed E-state index contributed by atoms with van der Waals surface area (Å²) in [6.45, 7) is 7.70. The van der Waals surface area contributed by atoms with E-state index in [-0.39, 0.29) is 18.4 Å². The van der Waals surface area contributed by atoms with Crippen molar-refractivity contribution in [3.63, 3.8) is 0 Å². The second kappa shape index (κ2) is 8.65. The molecule has 158 valence electrons. The highest BCUT2D eigenvalue weighted by atomic mass is 16.6. The van der Waals surface area contributed by atoms with Crippen LogP contribution in [0, 0.1) is 0 Å². The zero-order valence-electron chi connectivity index (χ0n) is 17.8. The van der Waals surface area contributed by atoms with Gasteiger partial charge < -0.3 is 9.64 Å². The van der Waals surface area contributed by atoms with Crippen LogP contribution < -0.4 is 0 Å². The predicted molar refractivity (Wildman–Crippen MR) is 112 cm³/mol. The molecule has 0 fully saturated rings. The maximum Gasteiger partial charge on any atom is 0.410 e. The molecule has 0 aliphatic carbocycles. The van der Waals surface area contributed by atoms with Crippen molar-refractivity contribution in [3.8, 4) is 0 Å². The summed E-state index contributed by atoms with van der Waals surface area (Å²) in [5.74, 6) is -0.672. The topological polar surface area (TPSA) is 79.8 Å². The lowest BCUT2D eigenvalue weighted by molar-refractivity contribution is 0.0191. The van der Waals surface area contributed by atoms with E-state index in [1.165, 1.54) is 9.80 Å². The molecular weight excluding hydrogens is 382 g/mol. The van der Waals surface area contributed by atoms with Crippen LogP contribution in [0.3, 0.4) is 0 Å². The van der Waals surface area contributed by atoms with Crippen LogP contribution in [0.4, 0.5) is 4.79 Å². The summed E-state index contributed by atoms with van der Waals surface area (Å²) in [5, 5.41) is 0. The first-order valence-electron chi connectivity index (χ1n) is 10.0. The molecule has 7 heteroatoms. The van der Waals surface area contributed by atoms with Crippen LogP contribution in [0.5, 0.6) is 0 Å². The van der Waals surface area contributed by atoms with Crippen molar-refractivity contribution in [2.75, 3.05) is 13.1 Å². The number of fused-ring (bicyclic) bond motifs is 1. The van der Waals surface area contributed by atoms with Gasteiger partial charge in [-0.05, 0) is 52.0 Å². The summed E-state index contributed by atoms with van der Waals surface area (Å²) >= 11 is 0. The first-order chi connectivity index (χ1) is 14.2. The van der Waals surface area contributed by atoms with E-state index in [4.69, 9.17) is 4.74 Å². The fraction of sp³-hybridized carbons (Fsp3) is 0.391. The molecule has 1 aromatic heterocycles. The molecule has 7 nitrogen and oxygen atoms in total. The highest BCUT2D eigenvalue weighted by Crippen LogP contribution is 2.25. The molecule has 0 N–H and O–H groups in total. The second-order valence-electron chi connectivity index (χ2n) is 8.37. The monoisotopic (exact) mass is 409 g/mol. The van der Waals surface area contributed by atoms with Crippen LogP contribution in [-0.2, 0) is 11.2 Å². The van der Waals surface area contributed by atoms with E-state index in [1.54, 1.807) is 58.2 Å². The number of aromatic nitrogens is 1. The zero-order valence-corrected chi connectivity index (χ0v) is 17.8. The standard InChI is InChI=1S/C23H27N3O4/c1-16(26-20(27)18-10-5-6-11-19(18)21(26)28)15-25(22(29)30-23(2,3)4)14-12-17-9-7-8-13-24-17/h5-11,13,16H,12,14-15H2,1-4H3. The van der Waals surface area contributed by atoms with E-state index in [2.05, 4.69) is 4.98 Å². The highest BCUT2D eigenvalue weighted by molar-refractivity contribution is 6.21. The quantitative estimate of drug-likeness (QED) is 0.682. The number of imide groups is 1. The molecule has 3 amide bonds. The zero-order chi connectivity index (χ0) is 21.9. The lowest BCUT2D eigenvalue weighted by Gasteiger charge is -2.31. The summed E-state index contributed by atoms with van der Waals surface area (Å²) in [6.07, 6.45) is 1.76. The van der Waals surface area contributed by atoms with Crippen molar-refractivity contribution in [2.45, 2.75) is 45.8 Å². The molecule has 1 aliphatic rings. The number of carbonyl (C=O) groups excluding carboxylic acids is 3. The fourth-order valence-electron chi connectivity index (χ4n) is 3.39. The molecule has 1 atom stereocenters. The summed E-state index contributed by atoms with van der Waals surface area (Å²) in [6, 6.07) is 11.9. The number of nitrogens with zero attached hydrogens (tertiary/aromatic N) is 3. The van der Waals surface area contributed by atoms with E-state index in [0.29, 0.717) is 24.1 Å². The summed E-state index contributed by atoms with van der Waals surface area (Å²) < 4.78 is 5.55. The maximum absolute atomic E-state index is 12.8. The Morgan fingerprint density at radius 1 is 1.07 bits per heavy atom. The van der Waals surface area contributed by atoms with Crippen LogP contribution in [0.25, 0.3) is 0 Å². The van der Waals surface area contributed by atoms with E-state index < -0.39 is 17.7 Å². The Morgan fingerprint density at radius 3 is 2.20 bits per heavy atom. The van der Waals surface area contributed by atoms with E-state index in [1.807, 2.05) is 18.2 Å². The SMILES string of the molecule is CC(CN(CCc1ccccn1)C(=O)OC(C)(C)C)N1C(=O)c2ccccc2C1=O. The molecule has 1 unspecified atom stereocenters. The third-order valence-electron chi connectivity index (χ3n) is 4.77. The van der Waals surface area contributed by atoms with Gasteiger partial charge in [-0.3, -0.25) is 19.5 Å². The molecule has 2 heterocycles. The van der Waals surface area contributed by atoms with Crippen LogP contribution in [0.2, 0.25) is 0 Å². The molecule has 0 saturated carbocycles. The average molecular weight is 409 g/mol. The smallest absolute Gasteiger partial charge is 0.410 e. The first-order valence-corrected chi connectivity index (χ1v) is 10.0. The van der Waals surface area contributed by atoms with Gasteiger partial charge in [0.2, 0.25) is 0 Å². The molecule has 3 rings (SSSR count). The Kier molecular flexibility index (Phi) is 6.20. The Balaban J connectivity index is 1.75. The number of amides is 3. The maximum atomic E-state index is 12.8. The van der Waals surface area contributed by atoms with Gasteiger partial charge in [0.1, 0.15) is 5.60 Å². The number of benzene rings is 1. The number of pyridine rings is 1. The van der Waals surface area contributed by atoms with Crippen LogP contribution in [0.15, 0.2) is 48.7 Å². The summed E-state index contributed by atoms with van der Waals surface area (Å²) in [4.78, 5) is 45.4. The molecule has 0 saturated heterocycles. The van der Waals surface area contributed by atoms with Crippen molar-refractivity contribution >= 4 is 17.9 Å². The predicted octanol–water partition coefficient (Wildman–Crippen LogP) is 3.55. The Hall–Kier alpha value is -3.22. The summed E-state index contributed by atoms with van der Waals surface area (Å²) in [7, 11) is 0. The van der Waals surface area contributed by atoms with Crippen molar-refractivity contribution in [2.24, 2.45) is 0 Å². The molecule has 1 aliphatic heterocycles. The Bertz CT molecular complexity index is 902. The Morgan fingerprint density at radius 2 is 1.67 bits per heavy atom. The van der Waals surface area contributed by atoms with Crippen LogP contribution in [-0.4, -0.2) is 57.4 Å². The van der Waals surface area contributed by atoms with Gasteiger partial charge in [0.25, 0.3) is 11.8 Å². The molecule has 2 aromatic rings. The molecule has 30 heavy (non-hydrogen) atoms. The van der Waals surface area contributed by atoms with E-state index in [0.717, 1.165) is 5.69 Å². The van der Waals surface area contributed by atoms with Gasteiger partial charge in [0.05, 0.1) is 17.2 Å². The van der Waals surface area contributed by atoms with E-state index in [9.17, 15) is 14.4 Å². The first kappa shape index (κ1) is 21.5. The summed E-state index contributed by atoms with van der Waals surface area (Å²) in [5.41, 5.74) is 0.983. The molecular formula is C23H27N3O4. The van der Waals surface area contributed by atoms with Crippen molar-refractivity contribution in [3.05, 3.63) is 65.5 Å². The highest BCUT2D eigenvalue weighted by Gasteiger charge is 2.39. The fourth-order valence-corrected chi connectivity index (χ4v) is 3.39. The third kappa shape index (κ3) is 4.84. The number of ether oxygens (including phenoxy) is 1. The molecule has 1 aromatic carbocycles. The number of carbonyl (C=O) groups is 3. The average Bonchev–Trinajstić information content (AvgIpc) is 2.95. The van der Waals surface area contributed by atoms with Crippen molar-refractivity contribution < 1.29 is 19.1 Å². The minimum absolute atomic E-state index is 0.174. The van der Waals surface area contributed by atoms with Gasteiger partial charge in [-0.15, -0.1) is 0 Å². The van der Waals surface area contributed by atoms with Crippen LogP contribution in [0.1, 0.15) is 54.1 Å². The van der Waals surface area contributed by atoms with E-state index >= 15 is 0 Å². The largest absolute Gasteiger partial charge is 0.444 e. The molecule has 0 spiro atoms. The second-order valence-corrected chi connectivity index (χ2v) is 8.37. The number of hydrogen-bond acceptors (Lipinski definition) is 5. The lowest BCUT2D eigenvalue weighted by Crippen LogP contribution is -2.48. The molecule has 0 bridgehead atoms. The third-order valence-corrected chi connectivity index (χ3v) is 4.77. The normalized spacial score (nSPS) is 14.5. The van der Waals surface area contributed by atoms with Gasteiger partial charge in [0.15, 0.2) is 0 Å². The van der Waals surface area contributed by atoms with Crippen LogP contribution >= 0.6 is 0 Å². The minimum Gasteiger partial charge on any atom is -0.444 e. The van der Waals surface area contributed by atoms with Crippen molar-refractivity contribution in [1.82, 2.24) is 14.8 Å². The van der Waals surface area contributed by atoms with Gasteiger partial charge in [0, 0.05) is 31.4 Å². The Labute approximate surface area is 176 Å². The lowest BCUT2D eigenvalue weighted by atomic mass is 10.1. The minimum atomic E-state index is -0.654. The molecule has 0 radical (unpaired) electrons. The number of hydrogen-bond donors (Lipinski definition) is 0. The van der Waals surface area contributed by atoms with Crippen molar-refractivity contribution in [1.29, 1.82) is 0 Å². The van der Waals surface area contributed by atoms with Gasteiger partial charge in [-0.25, -0.2) is 4.79 Å². The van der Waals surface area contributed by atoms with Gasteiger partial charge in [-0.1, -0.05) is 18.2 Å². The number of rotatable bonds is 6. The van der Waals surface area contributed by atoms with Gasteiger partial charge in [-0.2, -0.15) is 0 Å². The van der Waals surface area contributed by atoms with Gasteiger partial charge >= 0.3 is 6.09 Å².